The van der Waals surface area contributed by atoms with Gasteiger partial charge in [0.05, 0.1) is 6.61 Å². The molecule has 186 valence electrons. The van der Waals surface area contributed by atoms with E-state index in [1.54, 1.807) is 14.0 Å². The summed E-state index contributed by atoms with van der Waals surface area (Å²) in [5.74, 6) is 1.58. The van der Waals surface area contributed by atoms with Gasteiger partial charge in [0, 0.05) is 25.8 Å². The number of hydrogen-bond acceptors (Lipinski definition) is 7. The van der Waals surface area contributed by atoms with Crippen LogP contribution in [0.1, 0.15) is 13.8 Å². The number of rotatable bonds is 6. The molecule has 2 aromatic carbocycles. The van der Waals surface area contributed by atoms with Crippen molar-refractivity contribution in [3.63, 3.8) is 0 Å². The third kappa shape index (κ3) is 4.15. The van der Waals surface area contributed by atoms with Crippen molar-refractivity contribution < 1.29 is 14.3 Å². The Hall–Kier alpha value is -4.34. The van der Waals surface area contributed by atoms with Gasteiger partial charge in [0.25, 0.3) is 5.56 Å². The molecule has 0 fully saturated rings. The van der Waals surface area contributed by atoms with Crippen LogP contribution < -0.4 is 20.9 Å². The van der Waals surface area contributed by atoms with Gasteiger partial charge in [-0.15, -0.1) is 0 Å². The van der Waals surface area contributed by atoms with E-state index in [2.05, 4.69) is 6.92 Å². The highest BCUT2D eigenvalue weighted by molar-refractivity contribution is 5.77. The van der Waals surface area contributed by atoms with E-state index in [1.165, 1.54) is 4.57 Å². The Balaban J connectivity index is 1.56. The van der Waals surface area contributed by atoms with Gasteiger partial charge in [0.15, 0.2) is 11.2 Å². The first kappa shape index (κ1) is 23.4. The highest BCUT2D eigenvalue weighted by Crippen LogP contribution is 2.34. The first-order valence-electron chi connectivity index (χ1n) is 11.8. The van der Waals surface area contributed by atoms with Crippen molar-refractivity contribution >= 4 is 28.8 Å². The zero-order chi connectivity index (χ0) is 25.4. The van der Waals surface area contributed by atoms with Gasteiger partial charge in [-0.3, -0.25) is 14.2 Å². The Bertz CT molecular complexity index is 1540. The second-order valence-electron chi connectivity index (χ2n) is 8.86. The van der Waals surface area contributed by atoms with Crippen LogP contribution in [0.3, 0.4) is 0 Å². The lowest BCUT2D eigenvalue weighted by atomic mass is 10.1. The Labute approximate surface area is 206 Å². The summed E-state index contributed by atoms with van der Waals surface area (Å²) < 4.78 is 14.9. The Morgan fingerprint density at radius 3 is 2.42 bits per heavy atom. The molecule has 10 nitrogen and oxygen atoms in total. The third-order valence-electron chi connectivity index (χ3n) is 6.16. The molecule has 0 radical (unpaired) electrons. The Morgan fingerprint density at radius 2 is 1.72 bits per heavy atom. The minimum absolute atomic E-state index is 0.167. The number of nitrogens with zero attached hydrogens (tertiary/aromatic N) is 5. The van der Waals surface area contributed by atoms with Crippen molar-refractivity contribution in [1.29, 1.82) is 0 Å². The van der Waals surface area contributed by atoms with E-state index in [0.29, 0.717) is 24.8 Å². The number of imidazole rings is 1. The minimum Gasteiger partial charge on any atom is -0.465 e. The average Bonchev–Trinajstić information content (AvgIpc) is 3.26. The summed E-state index contributed by atoms with van der Waals surface area (Å²) in [5.41, 5.74) is 0.286. The number of aryl methyl sites for hydroxylation is 1. The van der Waals surface area contributed by atoms with Gasteiger partial charge in [-0.05, 0) is 49.2 Å². The van der Waals surface area contributed by atoms with Crippen LogP contribution >= 0.6 is 0 Å². The molecule has 0 aliphatic carbocycles. The van der Waals surface area contributed by atoms with E-state index in [1.807, 2.05) is 64.1 Å². The lowest BCUT2D eigenvalue weighted by Gasteiger charge is -2.33. The molecule has 1 atom stereocenters. The molecule has 4 aromatic rings. The van der Waals surface area contributed by atoms with Crippen molar-refractivity contribution in [2.24, 2.45) is 13.0 Å². The summed E-state index contributed by atoms with van der Waals surface area (Å²) in [6, 6.07) is 17.2. The fourth-order valence-electron chi connectivity index (χ4n) is 4.52. The van der Waals surface area contributed by atoms with Crippen molar-refractivity contribution in [3.8, 4) is 11.5 Å². The maximum absolute atomic E-state index is 13.4. The molecule has 0 saturated heterocycles. The predicted molar refractivity (Wildman–Crippen MR) is 135 cm³/mol. The van der Waals surface area contributed by atoms with Crippen LogP contribution in [0, 0.1) is 5.92 Å². The molecule has 0 amide bonds. The number of para-hydroxylation sites is 1. The van der Waals surface area contributed by atoms with Crippen molar-refractivity contribution in [2.45, 2.75) is 26.9 Å². The zero-order valence-corrected chi connectivity index (χ0v) is 20.4. The second kappa shape index (κ2) is 9.37. The Kier molecular flexibility index (Phi) is 6.09. The molecule has 0 N–H and O–H groups in total. The highest BCUT2D eigenvalue weighted by Gasteiger charge is 2.30. The second-order valence-corrected chi connectivity index (χ2v) is 8.86. The standard InChI is InChI=1S/C26H27N5O5/c1-4-35-21(32)16-31-24(33)22-23(28(3)26(31)34)27-25-29(14-17(2)15-30(22)25)18-10-12-20(13-11-18)36-19-8-6-5-7-9-19/h5-13,17H,4,14-16H2,1-3H3. The van der Waals surface area contributed by atoms with Gasteiger partial charge in [0.1, 0.15) is 18.0 Å². The van der Waals surface area contributed by atoms with Gasteiger partial charge in [-0.25, -0.2) is 9.36 Å². The summed E-state index contributed by atoms with van der Waals surface area (Å²) in [6.07, 6.45) is 0. The van der Waals surface area contributed by atoms with Crippen LogP contribution in [-0.2, 0) is 29.7 Å². The summed E-state index contributed by atoms with van der Waals surface area (Å²) >= 11 is 0. The molecule has 1 unspecified atom stereocenters. The summed E-state index contributed by atoms with van der Waals surface area (Å²) in [5, 5.41) is 0. The first-order valence-corrected chi connectivity index (χ1v) is 11.8. The van der Waals surface area contributed by atoms with Crippen molar-refractivity contribution in [3.05, 3.63) is 75.4 Å². The molecular weight excluding hydrogens is 462 g/mol. The molecule has 2 aromatic heterocycles. The molecule has 36 heavy (non-hydrogen) atoms. The number of fused-ring (bicyclic) bond motifs is 3. The number of anilines is 2. The van der Waals surface area contributed by atoms with Gasteiger partial charge in [0.2, 0.25) is 5.95 Å². The van der Waals surface area contributed by atoms with E-state index in [-0.39, 0.29) is 23.7 Å². The lowest BCUT2D eigenvalue weighted by Crippen LogP contribution is -2.42. The number of aromatic nitrogens is 4. The van der Waals surface area contributed by atoms with Gasteiger partial charge in [-0.1, -0.05) is 25.1 Å². The maximum Gasteiger partial charge on any atom is 0.333 e. The van der Waals surface area contributed by atoms with E-state index < -0.39 is 23.8 Å². The number of carbonyl (C=O) groups excluding carboxylic acids is 1. The molecule has 10 heteroatoms. The topological polar surface area (TPSA) is 101 Å². The summed E-state index contributed by atoms with van der Waals surface area (Å²) in [4.78, 5) is 45.1. The molecular formula is C26H27N5O5. The number of hydrogen-bond donors (Lipinski definition) is 0. The fourth-order valence-corrected chi connectivity index (χ4v) is 4.52. The van der Waals surface area contributed by atoms with E-state index in [0.717, 1.165) is 16.0 Å². The van der Waals surface area contributed by atoms with Gasteiger partial charge < -0.3 is 18.9 Å². The third-order valence-corrected chi connectivity index (χ3v) is 6.16. The predicted octanol–water partition coefficient (Wildman–Crippen LogP) is 3.04. The molecule has 1 aliphatic rings. The molecule has 1 aliphatic heterocycles. The number of ether oxygens (including phenoxy) is 2. The zero-order valence-electron chi connectivity index (χ0n) is 20.4. The van der Waals surface area contributed by atoms with Crippen LogP contribution in [0.5, 0.6) is 11.5 Å². The molecule has 0 saturated carbocycles. The van der Waals surface area contributed by atoms with Crippen LogP contribution in [0.25, 0.3) is 11.2 Å². The molecule has 3 heterocycles. The van der Waals surface area contributed by atoms with Gasteiger partial charge >= 0.3 is 11.7 Å². The number of carbonyl (C=O) groups is 1. The molecule has 5 rings (SSSR count). The molecule has 0 spiro atoms. The average molecular weight is 490 g/mol. The van der Waals surface area contributed by atoms with Crippen LogP contribution in [0.15, 0.2) is 64.2 Å². The van der Waals surface area contributed by atoms with Crippen LogP contribution in [0.2, 0.25) is 0 Å². The fraction of sp³-hybridized carbons (Fsp3) is 0.308. The van der Waals surface area contributed by atoms with Crippen molar-refractivity contribution in [1.82, 2.24) is 18.7 Å². The van der Waals surface area contributed by atoms with E-state index >= 15 is 0 Å². The maximum atomic E-state index is 13.4. The Morgan fingerprint density at radius 1 is 1.03 bits per heavy atom. The number of esters is 1. The van der Waals surface area contributed by atoms with Crippen LogP contribution in [-0.4, -0.2) is 37.8 Å². The normalized spacial score (nSPS) is 15.1. The number of benzene rings is 2. The first-order chi connectivity index (χ1) is 17.4. The minimum atomic E-state index is -0.637. The smallest absolute Gasteiger partial charge is 0.333 e. The van der Waals surface area contributed by atoms with Crippen LogP contribution in [0.4, 0.5) is 11.6 Å². The largest absolute Gasteiger partial charge is 0.465 e. The monoisotopic (exact) mass is 489 g/mol. The summed E-state index contributed by atoms with van der Waals surface area (Å²) in [6.45, 7) is 4.73. The van der Waals surface area contributed by atoms with Gasteiger partial charge in [-0.2, -0.15) is 4.98 Å². The van der Waals surface area contributed by atoms with Crippen molar-refractivity contribution in [2.75, 3.05) is 18.1 Å². The quantitative estimate of drug-likeness (QED) is 0.384. The van der Waals surface area contributed by atoms with E-state index in [9.17, 15) is 14.4 Å². The summed E-state index contributed by atoms with van der Waals surface area (Å²) in [7, 11) is 1.55. The molecule has 0 bridgehead atoms. The highest BCUT2D eigenvalue weighted by atomic mass is 16.5. The SMILES string of the molecule is CCOC(=O)Cn1c(=O)c2c(nc3n2CC(C)CN3c2ccc(Oc3ccccc3)cc2)n(C)c1=O. The van der Waals surface area contributed by atoms with E-state index in [4.69, 9.17) is 14.5 Å². The lowest BCUT2D eigenvalue weighted by molar-refractivity contribution is -0.143.